The van der Waals surface area contributed by atoms with Crippen molar-refractivity contribution in [1.29, 1.82) is 0 Å². The number of rotatable bonds is 6. The summed E-state index contributed by atoms with van der Waals surface area (Å²) in [6, 6.07) is 16.1. The van der Waals surface area contributed by atoms with Crippen molar-refractivity contribution < 1.29 is 14.3 Å². The summed E-state index contributed by atoms with van der Waals surface area (Å²) >= 11 is 0. The maximum Gasteiger partial charge on any atom is 0.264 e. The van der Waals surface area contributed by atoms with E-state index in [9.17, 15) is 4.79 Å². The van der Waals surface area contributed by atoms with Gasteiger partial charge in [-0.15, -0.1) is 0 Å². The molecule has 132 valence electrons. The lowest BCUT2D eigenvalue weighted by atomic mass is 10.0. The highest BCUT2D eigenvalue weighted by molar-refractivity contribution is 5.81. The molecule has 0 radical (unpaired) electrons. The first kappa shape index (κ1) is 17.3. The normalized spacial score (nSPS) is 15.9. The minimum Gasteiger partial charge on any atom is -0.485 e. The number of fused-ring (bicyclic) bond motifs is 1. The number of aryl methyl sites for hydroxylation is 1. The number of amides is 1. The number of benzene rings is 2. The molecule has 0 saturated heterocycles. The molecule has 0 spiro atoms. The Balaban J connectivity index is 1.41. The van der Waals surface area contributed by atoms with E-state index in [1.165, 1.54) is 11.1 Å². The van der Waals surface area contributed by atoms with Gasteiger partial charge in [0.05, 0.1) is 0 Å². The molecule has 2 aromatic rings. The second-order valence-electron chi connectivity index (χ2n) is 6.66. The van der Waals surface area contributed by atoms with Gasteiger partial charge in [-0.1, -0.05) is 50.2 Å². The van der Waals surface area contributed by atoms with Crippen LogP contribution in [-0.4, -0.2) is 25.2 Å². The van der Waals surface area contributed by atoms with Crippen LogP contribution >= 0.6 is 0 Å². The summed E-state index contributed by atoms with van der Waals surface area (Å²) in [6.07, 6.45) is 1.26. The van der Waals surface area contributed by atoms with E-state index in [0.29, 0.717) is 24.0 Å². The van der Waals surface area contributed by atoms with Crippen LogP contribution in [-0.2, 0) is 11.2 Å². The summed E-state index contributed by atoms with van der Waals surface area (Å²) in [5, 5.41) is 2.94. The molecule has 0 bridgehead atoms. The fraction of sp³-hybridized carbons (Fsp3) is 0.381. The maximum absolute atomic E-state index is 12.2. The molecule has 0 saturated carbocycles. The van der Waals surface area contributed by atoms with Crippen LogP contribution in [0.1, 0.15) is 37.3 Å². The highest BCUT2D eigenvalue weighted by atomic mass is 16.6. The largest absolute Gasteiger partial charge is 0.485 e. The third-order valence-electron chi connectivity index (χ3n) is 4.39. The van der Waals surface area contributed by atoms with Crippen molar-refractivity contribution in [2.45, 2.75) is 38.7 Å². The van der Waals surface area contributed by atoms with Gasteiger partial charge in [0, 0.05) is 6.54 Å². The Morgan fingerprint density at radius 1 is 1.12 bits per heavy atom. The molecule has 1 heterocycles. The highest BCUT2D eigenvalue weighted by Gasteiger charge is 2.26. The third kappa shape index (κ3) is 4.53. The molecule has 4 nitrogen and oxygen atoms in total. The zero-order valence-electron chi connectivity index (χ0n) is 14.8. The van der Waals surface area contributed by atoms with Crippen molar-refractivity contribution in [3.8, 4) is 11.5 Å². The summed E-state index contributed by atoms with van der Waals surface area (Å²) in [5.74, 6) is 1.75. The standard InChI is InChI=1S/C21H25NO3/c1-15(2)17-11-9-16(10-12-17)6-5-13-22-21(23)20-14-24-18-7-3-4-8-19(18)25-20/h3-4,7-12,15,20H,5-6,13-14H2,1-2H3,(H,22,23)/t20-/m0/s1. The van der Waals surface area contributed by atoms with Crippen LogP contribution in [0.3, 0.4) is 0 Å². The molecule has 1 N–H and O–H groups in total. The van der Waals surface area contributed by atoms with Crippen molar-refractivity contribution >= 4 is 5.91 Å². The maximum atomic E-state index is 12.2. The molecule has 0 fully saturated rings. The minimum absolute atomic E-state index is 0.121. The first-order chi connectivity index (χ1) is 12.1. The average molecular weight is 339 g/mol. The zero-order chi connectivity index (χ0) is 17.6. The Labute approximate surface area is 149 Å². The fourth-order valence-corrected chi connectivity index (χ4v) is 2.84. The first-order valence-corrected chi connectivity index (χ1v) is 8.88. The Kier molecular flexibility index (Phi) is 5.59. The number of para-hydroxylation sites is 2. The van der Waals surface area contributed by atoms with Crippen LogP contribution in [0.2, 0.25) is 0 Å². The smallest absolute Gasteiger partial charge is 0.264 e. The predicted molar refractivity (Wildman–Crippen MR) is 98.2 cm³/mol. The van der Waals surface area contributed by atoms with E-state index in [1.807, 2.05) is 24.3 Å². The average Bonchev–Trinajstić information content (AvgIpc) is 2.65. The molecule has 1 amide bonds. The number of carbonyl (C=O) groups excluding carboxylic acids is 1. The van der Waals surface area contributed by atoms with Gasteiger partial charge < -0.3 is 14.8 Å². The van der Waals surface area contributed by atoms with Gasteiger partial charge in [-0.25, -0.2) is 0 Å². The molecule has 0 aliphatic carbocycles. The summed E-state index contributed by atoms with van der Waals surface area (Å²) < 4.78 is 11.3. The molecule has 1 atom stereocenters. The molecule has 2 aromatic carbocycles. The van der Waals surface area contributed by atoms with Gasteiger partial charge in [0.2, 0.25) is 6.10 Å². The van der Waals surface area contributed by atoms with Crippen molar-refractivity contribution in [1.82, 2.24) is 5.32 Å². The Bertz CT molecular complexity index is 709. The lowest BCUT2D eigenvalue weighted by Gasteiger charge is -2.25. The van der Waals surface area contributed by atoms with E-state index < -0.39 is 6.10 Å². The van der Waals surface area contributed by atoms with Gasteiger partial charge in [-0.05, 0) is 42.0 Å². The Morgan fingerprint density at radius 2 is 1.84 bits per heavy atom. The van der Waals surface area contributed by atoms with Crippen LogP contribution in [0, 0.1) is 0 Å². The zero-order valence-corrected chi connectivity index (χ0v) is 14.8. The molecule has 3 rings (SSSR count). The first-order valence-electron chi connectivity index (χ1n) is 8.88. The van der Waals surface area contributed by atoms with Gasteiger partial charge in [-0.3, -0.25) is 4.79 Å². The quantitative estimate of drug-likeness (QED) is 0.817. The molecule has 0 aromatic heterocycles. The number of ether oxygens (including phenoxy) is 2. The van der Waals surface area contributed by atoms with Crippen LogP contribution in [0.15, 0.2) is 48.5 Å². The topological polar surface area (TPSA) is 47.6 Å². The molecule has 1 aliphatic heterocycles. The molecular weight excluding hydrogens is 314 g/mol. The Morgan fingerprint density at radius 3 is 2.56 bits per heavy atom. The summed E-state index contributed by atoms with van der Waals surface area (Å²) in [7, 11) is 0. The van der Waals surface area contributed by atoms with Gasteiger partial charge in [-0.2, -0.15) is 0 Å². The predicted octanol–water partition coefficient (Wildman–Crippen LogP) is 3.70. The Hall–Kier alpha value is -2.49. The van der Waals surface area contributed by atoms with Crippen LogP contribution < -0.4 is 14.8 Å². The van der Waals surface area contributed by atoms with E-state index in [4.69, 9.17) is 9.47 Å². The second kappa shape index (κ2) is 8.06. The van der Waals surface area contributed by atoms with E-state index in [1.54, 1.807) is 0 Å². The second-order valence-corrected chi connectivity index (χ2v) is 6.66. The van der Waals surface area contributed by atoms with Crippen molar-refractivity contribution in [2.75, 3.05) is 13.2 Å². The summed E-state index contributed by atoms with van der Waals surface area (Å²) in [4.78, 5) is 12.2. The third-order valence-corrected chi connectivity index (χ3v) is 4.39. The van der Waals surface area contributed by atoms with Crippen molar-refractivity contribution in [3.05, 3.63) is 59.7 Å². The van der Waals surface area contributed by atoms with Gasteiger partial charge in [0.15, 0.2) is 11.5 Å². The van der Waals surface area contributed by atoms with Crippen LogP contribution in [0.5, 0.6) is 11.5 Å². The van der Waals surface area contributed by atoms with Crippen molar-refractivity contribution in [3.63, 3.8) is 0 Å². The van der Waals surface area contributed by atoms with E-state index >= 15 is 0 Å². The van der Waals surface area contributed by atoms with Gasteiger partial charge in [0.25, 0.3) is 5.91 Å². The SMILES string of the molecule is CC(C)c1ccc(CCCNC(=O)[C@@H]2COc3ccccc3O2)cc1. The fourth-order valence-electron chi connectivity index (χ4n) is 2.84. The summed E-state index contributed by atoms with van der Waals surface area (Å²) in [6.45, 7) is 5.27. The number of hydrogen-bond acceptors (Lipinski definition) is 3. The van der Waals surface area contributed by atoms with Gasteiger partial charge >= 0.3 is 0 Å². The molecule has 4 heteroatoms. The molecule has 25 heavy (non-hydrogen) atoms. The highest BCUT2D eigenvalue weighted by Crippen LogP contribution is 2.30. The van der Waals surface area contributed by atoms with E-state index in [2.05, 4.69) is 43.4 Å². The summed E-state index contributed by atoms with van der Waals surface area (Å²) in [5.41, 5.74) is 2.65. The van der Waals surface area contributed by atoms with E-state index in [0.717, 1.165) is 12.8 Å². The number of hydrogen-bond donors (Lipinski definition) is 1. The lowest BCUT2D eigenvalue weighted by Crippen LogP contribution is -2.44. The van der Waals surface area contributed by atoms with E-state index in [-0.39, 0.29) is 12.5 Å². The lowest BCUT2D eigenvalue weighted by molar-refractivity contribution is -0.130. The van der Waals surface area contributed by atoms with Gasteiger partial charge in [0.1, 0.15) is 6.61 Å². The molecule has 1 aliphatic rings. The van der Waals surface area contributed by atoms with Crippen molar-refractivity contribution in [2.24, 2.45) is 0 Å². The van der Waals surface area contributed by atoms with Crippen LogP contribution in [0.25, 0.3) is 0 Å². The monoisotopic (exact) mass is 339 g/mol. The number of carbonyl (C=O) groups is 1. The number of nitrogens with one attached hydrogen (secondary N) is 1. The molecular formula is C21H25NO3. The van der Waals surface area contributed by atoms with Crippen LogP contribution in [0.4, 0.5) is 0 Å². The minimum atomic E-state index is -0.583. The molecule has 0 unspecified atom stereocenters.